The maximum atomic E-state index is 12.7. The Hall–Kier alpha value is -3.12. The number of aliphatic carboxylic acids is 1. The van der Waals surface area contributed by atoms with Crippen LogP contribution in [-0.2, 0) is 4.79 Å². The zero-order valence-electron chi connectivity index (χ0n) is 20.5. The summed E-state index contributed by atoms with van der Waals surface area (Å²) in [5, 5.41) is 12.7. The number of rotatable bonds is 9. The molecule has 184 valence electrons. The first-order valence-electron chi connectivity index (χ1n) is 12.4. The van der Waals surface area contributed by atoms with Crippen LogP contribution < -0.4 is 5.32 Å². The molecule has 0 bridgehead atoms. The van der Waals surface area contributed by atoms with Crippen LogP contribution in [0.2, 0.25) is 0 Å². The van der Waals surface area contributed by atoms with Crippen LogP contribution in [0.1, 0.15) is 65.4 Å². The maximum absolute atomic E-state index is 12.7. The van der Waals surface area contributed by atoms with E-state index in [1.165, 1.54) is 57.9 Å². The smallest absolute Gasteiger partial charge is 0.305 e. The second-order valence-corrected chi connectivity index (χ2v) is 10.7. The summed E-state index contributed by atoms with van der Waals surface area (Å²) < 4.78 is 0. The van der Waals surface area contributed by atoms with Crippen LogP contribution in [0.5, 0.6) is 0 Å². The molecule has 1 fully saturated rings. The fourth-order valence-corrected chi connectivity index (χ4v) is 6.01. The Kier molecular flexibility index (Phi) is 8.24. The van der Waals surface area contributed by atoms with E-state index in [0.29, 0.717) is 11.5 Å². The minimum atomic E-state index is -0.905. The summed E-state index contributed by atoms with van der Waals surface area (Å²) in [5.41, 5.74) is 4.19. The molecule has 1 unspecified atom stereocenters. The Bertz CT molecular complexity index is 1130. The van der Waals surface area contributed by atoms with Crippen molar-refractivity contribution in [2.24, 2.45) is 5.92 Å². The molecule has 0 spiro atoms. The van der Waals surface area contributed by atoms with Gasteiger partial charge in [0.1, 0.15) is 0 Å². The Morgan fingerprint density at radius 3 is 2.40 bits per heavy atom. The number of hydrogen-bond acceptors (Lipinski definition) is 4. The second kappa shape index (κ2) is 11.5. The number of thiophene rings is 1. The molecule has 3 aromatic rings. The summed E-state index contributed by atoms with van der Waals surface area (Å²) in [7, 11) is 1.64. The van der Waals surface area contributed by atoms with Crippen molar-refractivity contribution in [3.8, 4) is 10.4 Å². The lowest BCUT2D eigenvalue weighted by Crippen LogP contribution is -2.29. The van der Waals surface area contributed by atoms with Gasteiger partial charge in [-0.1, -0.05) is 49.6 Å². The lowest BCUT2D eigenvalue weighted by atomic mass is 9.81. The molecule has 6 heteroatoms. The Labute approximate surface area is 211 Å². The number of carboxylic acids is 1. The summed E-state index contributed by atoms with van der Waals surface area (Å²) in [6.45, 7) is 2.41. The van der Waals surface area contributed by atoms with E-state index in [4.69, 9.17) is 5.11 Å². The minimum absolute atomic E-state index is 0.0596. The zero-order chi connectivity index (χ0) is 24.8. The highest BCUT2D eigenvalue weighted by Crippen LogP contribution is 2.42. The second-order valence-electron chi connectivity index (χ2n) is 9.46. The summed E-state index contributed by atoms with van der Waals surface area (Å²) >= 11 is 1.85. The number of nitrogens with zero attached hydrogens (tertiary/aromatic N) is 1. The van der Waals surface area contributed by atoms with Crippen molar-refractivity contribution in [2.45, 2.75) is 51.5 Å². The van der Waals surface area contributed by atoms with E-state index >= 15 is 0 Å². The van der Waals surface area contributed by atoms with E-state index in [-0.39, 0.29) is 24.9 Å². The third kappa shape index (κ3) is 6.31. The van der Waals surface area contributed by atoms with Crippen molar-refractivity contribution in [3.05, 3.63) is 76.7 Å². The highest BCUT2D eigenvalue weighted by molar-refractivity contribution is 7.15. The quantitative estimate of drug-likeness (QED) is 0.339. The first kappa shape index (κ1) is 25.0. The maximum Gasteiger partial charge on any atom is 0.305 e. The third-order valence-electron chi connectivity index (χ3n) is 6.93. The number of nitrogens with one attached hydrogen (secondary N) is 1. The van der Waals surface area contributed by atoms with Gasteiger partial charge in [-0.25, -0.2) is 0 Å². The van der Waals surface area contributed by atoms with Gasteiger partial charge in [0.05, 0.1) is 12.5 Å². The Morgan fingerprint density at radius 1 is 1.06 bits per heavy atom. The van der Waals surface area contributed by atoms with Crippen molar-refractivity contribution in [1.29, 1.82) is 0 Å². The first-order valence-corrected chi connectivity index (χ1v) is 13.2. The normalized spacial score (nSPS) is 14.9. The lowest BCUT2D eigenvalue weighted by molar-refractivity contribution is -0.137. The summed E-state index contributed by atoms with van der Waals surface area (Å²) in [6, 6.07) is 20.7. The topological polar surface area (TPSA) is 69.6 Å². The molecule has 1 aliphatic carbocycles. The Balaban J connectivity index is 1.54. The number of aryl methyl sites for hydroxylation is 1. The van der Waals surface area contributed by atoms with Crippen LogP contribution in [0.25, 0.3) is 10.4 Å². The van der Waals surface area contributed by atoms with Gasteiger partial charge in [0, 0.05) is 34.6 Å². The number of anilines is 1. The third-order valence-corrected chi connectivity index (χ3v) is 8.05. The van der Waals surface area contributed by atoms with Crippen LogP contribution in [0.4, 0.5) is 5.69 Å². The molecule has 1 amide bonds. The molecule has 2 N–H and O–H groups in total. The fourth-order valence-electron chi connectivity index (χ4n) is 4.94. The monoisotopic (exact) mass is 490 g/mol. The van der Waals surface area contributed by atoms with Crippen molar-refractivity contribution < 1.29 is 14.7 Å². The number of hydrogen-bond donors (Lipinski definition) is 2. The zero-order valence-corrected chi connectivity index (χ0v) is 21.3. The van der Waals surface area contributed by atoms with E-state index < -0.39 is 5.97 Å². The minimum Gasteiger partial charge on any atom is -0.481 e. The Morgan fingerprint density at radius 2 is 1.74 bits per heavy atom. The molecule has 0 radical (unpaired) electrons. The summed E-state index contributed by atoms with van der Waals surface area (Å²) in [4.78, 5) is 27.6. The number of carbonyl (C=O) groups is 2. The molecule has 1 atom stereocenters. The van der Waals surface area contributed by atoms with Gasteiger partial charge < -0.3 is 15.3 Å². The number of carboxylic acid groups (broad SMARTS) is 1. The fraction of sp³-hybridized carbons (Fsp3) is 0.379. The van der Waals surface area contributed by atoms with Gasteiger partial charge in [0.2, 0.25) is 0 Å². The van der Waals surface area contributed by atoms with E-state index in [9.17, 15) is 9.59 Å². The van der Waals surface area contributed by atoms with Gasteiger partial charge >= 0.3 is 5.97 Å². The summed E-state index contributed by atoms with van der Waals surface area (Å²) in [6.07, 6.45) is 6.24. The van der Waals surface area contributed by atoms with Crippen LogP contribution in [0.3, 0.4) is 0 Å². The lowest BCUT2D eigenvalue weighted by Gasteiger charge is -2.32. The van der Waals surface area contributed by atoms with Crippen LogP contribution >= 0.6 is 11.3 Å². The van der Waals surface area contributed by atoms with Crippen molar-refractivity contribution in [1.82, 2.24) is 4.90 Å². The molecule has 1 aliphatic rings. The van der Waals surface area contributed by atoms with Crippen molar-refractivity contribution in [3.63, 3.8) is 0 Å². The number of carbonyl (C=O) groups excluding carboxylic acids is 1. The molecule has 1 aromatic heterocycles. The van der Waals surface area contributed by atoms with Gasteiger partial charge in [-0.15, -0.1) is 11.3 Å². The molecule has 1 heterocycles. The average molecular weight is 491 g/mol. The van der Waals surface area contributed by atoms with Gasteiger partial charge in [-0.3, -0.25) is 9.59 Å². The van der Waals surface area contributed by atoms with Crippen LogP contribution in [0.15, 0.2) is 60.7 Å². The largest absolute Gasteiger partial charge is 0.481 e. The highest BCUT2D eigenvalue weighted by atomic mass is 32.1. The molecule has 5 nitrogen and oxygen atoms in total. The van der Waals surface area contributed by atoms with Gasteiger partial charge in [0.15, 0.2) is 0 Å². The molecule has 2 aromatic carbocycles. The molecule has 0 saturated heterocycles. The van der Waals surface area contributed by atoms with Gasteiger partial charge in [0.25, 0.3) is 5.91 Å². The standard InChI is InChI=1S/C29H34N2O3S/c1-20-25(19-26(35-20)21-9-5-3-6-10-21)28(22-11-7-4-8-12-22)30-24-15-13-23(14-16-24)29(34)31(2)18-17-27(32)33/h3,5-6,9-10,13-16,19,22,28,30H,4,7-8,11-12,17-18H2,1-2H3,(H,32,33). The molecule has 1 saturated carbocycles. The number of amides is 1. The molecule has 0 aliphatic heterocycles. The molecule has 4 rings (SSSR count). The van der Waals surface area contributed by atoms with E-state index in [0.717, 1.165) is 5.69 Å². The predicted octanol–water partition coefficient (Wildman–Crippen LogP) is 7.00. The first-order chi connectivity index (χ1) is 16.9. The van der Waals surface area contributed by atoms with Gasteiger partial charge in [-0.2, -0.15) is 0 Å². The predicted molar refractivity (Wildman–Crippen MR) is 143 cm³/mol. The molecular formula is C29H34N2O3S. The van der Waals surface area contributed by atoms with E-state index in [1.807, 2.05) is 35.6 Å². The van der Waals surface area contributed by atoms with Gasteiger partial charge in [-0.05, 0) is 67.1 Å². The van der Waals surface area contributed by atoms with Crippen molar-refractivity contribution >= 4 is 28.9 Å². The molecular weight excluding hydrogens is 456 g/mol. The molecule has 35 heavy (non-hydrogen) atoms. The highest BCUT2D eigenvalue weighted by Gasteiger charge is 2.28. The van der Waals surface area contributed by atoms with Crippen LogP contribution in [0, 0.1) is 12.8 Å². The SMILES string of the molecule is Cc1sc(-c2ccccc2)cc1C(Nc1ccc(C(=O)N(C)CCC(=O)O)cc1)C1CCCCC1. The average Bonchev–Trinajstić information content (AvgIpc) is 3.28. The number of benzene rings is 2. The van der Waals surface area contributed by atoms with E-state index in [2.05, 4.69) is 48.6 Å². The van der Waals surface area contributed by atoms with Crippen LogP contribution in [-0.4, -0.2) is 35.5 Å². The summed E-state index contributed by atoms with van der Waals surface area (Å²) in [5.74, 6) is -0.496. The van der Waals surface area contributed by atoms with Crippen molar-refractivity contribution in [2.75, 3.05) is 18.9 Å². The van der Waals surface area contributed by atoms with E-state index in [1.54, 1.807) is 7.05 Å².